The average Bonchev–Trinajstić information content (AvgIpc) is 2.03. The summed E-state index contributed by atoms with van der Waals surface area (Å²) in [5.74, 6) is 0. The summed E-state index contributed by atoms with van der Waals surface area (Å²) in [6.45, 7) is 3.64. The molecular formula is C10H15NO. The summed E-state index contributed by atoms with van der Waals surface area (Å²) in [7, 11) is 0. The highest BCUT2D eigenvalue weighted by molar-refractivity contribution is 5.30. The molecule has 3 N–H and O–H groups in total. The molecule has 0 aliphatic heterocycles. The Balaban J connectivity index is 3.14. The van der Waals surface area contributed by atoms with E-state index in [9.17, 15) is 5.11 Å². The smallest absolute Gasteiger partial charge is 0.137 e. The predicted molar refractivity (Wildman–Crippen MR) is 49.6 cm³/mol. The van der Waals surface area contributed by atoms with Crippen LogP contribution in [0.1, 0.15) is 25.0 Å². The van der Waals surface area contributed by atoms with Crippen molar-refractivity contribution in [3.63, 3.8) is 0 Å². The van der Waals surface area contributed by atoms with E-state index in [4.69, 9.17) is 5.73 Å². The van der Waals surface area contributed by atoms with Crippen LogP contribution in [0.25, 0.3) is 0 Å². The van der Waals surface area contributed by atoms with Gasteiger partial charge in [0.15, 0.2) is 0 Å². The Morgan fingerprint density at radius 1 is 1.42 bits per heavy atom. The molecular weight excluding hydrogens is 150 g/mol. The first-order chi connectivity index (χ1) is 5.55. The standard InChI is InChI=1S/C10H15NO/c1-3-8-6-4-5-7-9(8)10(2,11)12/h4-7,12H,3,11H2,1-2H3/t10-/m1/s1. The van der Waals surface area contributed by atoms with Gasteiger partial charge in [0.25, 0.3) is 0 Å². The number of aryl methyl sites for hydroxylation is 1. The van der Waals surface area contributed by atoms with Crippen molar-refractivity contribution in [2.45, 2.75) is 26.0 Å². The maximum Gasteiger partial charge on any atom is 0.137 e. The lowest BCUT2D eigenvalue weighted by molar-refractivity contribution is 0.0638. The fourth-order valence-corrected chi connectivity index (χ4v) is 1.32. The molecule has 1 atom stereocenters. The Kier molecular flexibility index (Phi) is 2.50. The van der Waals surface area contributed by atoms with Gasteiger partial charge in [-0.05, 0) is 18.9 Å². The molecule has 2 nitrogen and oxygen atoms in total. The second-order valence-electron chi connectivity index (χ2n) is 3.16. The van der Waals surface area contributed by atoms with Gasteiger partial charge in [-0.2, -0.15) is 0 Å². The molecule has 0 saturated carbocycles. The summed E-state index contributed by atoms with van der Waals surface area (Å²) >= 11 is 0. The largest absolute Gasteiger partial charge is 0.372 e. The molecule has 66 valence electrons. The topological polar surface area (TPSA) is 46.2 Å². The highest BCUT2D eigenvalue weighted by Gasteiger charge is 2.18. The molecule has 0 amide bonds. The Bertz CT molecular complexity index is 263. The molecule has 0 bridgehead atoms. The lowest BCUT2D eigenvalue weighted by Crippen LogP contribution is -2.33. The van der Waals surface area contributed by atoms with Crippen molar-refractivity contribution in [2.75, 3.05) is 0 Å². The molecule has 0 spiro atoms. The van der Waals surface area contributed by atoms with Crippen LogP contribution in [0.15, 0.2) is 24.3 Å². The second-order valence-corrected chi connectivity index (χ2v) is 3.16. The quantitative estimate of drug-likeness (QED) is 0.650. The van der Waals surface area contributed by atoms with Crippen molar-refractivity contribution in [2.24, 2.45) is 5.73 Å². The monoisotopic (exact) mass is 165 g/mol. The van der Waals surface area contributed by atoms with E-state index >= 15 is 0 Å². The van der Waals surface area contributed by atoms with E-state index in [1.165, 1.54) is 0 Å². The van der Waals surface area contributed by atoms with Gasteiger partial charge in [-0.15, -0.1) is 0 Å². The van der Waals surface area contributed by atoms with Gasteiger partial charge in [-0.25, -0.2) is 0 Å². The van der Waals surface area contributed by atoms with Crippen molar-refractivity contribution in [3.05, 3.63) is 35.4 Å². The summed E-state index contributed by atoms with van der Waals surface area (Å²) in [4.78, 5) is 0. The Morgan fingerprint density at radius 3 is 2.42 bits per heavy atom. The van der Waals surface area contributed by atoms with Gasteiger partial charge >= 0.3 is 0 Å². The molecule has 12 heavy (non-hydrogen) atoms. The minimum Gasteiger partial charge on any atom is -0.372 e. The van der Waals surface area contributed by atoms with E-state index in [2.05, 4.69) is 0 Å². The van der Waals surface area contributed by atoms with E-state index in [0.717, 1.165) is 17.5 Å². The van der Waals surface area contributed by atoms with Crippen LogP contribution < -0.4 is 5.73 Å². The van der Waals surface area contributed by atoms with Gasteiger partial charge in [0.05, 0.1) is 0 Å². The Hall–Kier alpha value is -0.860. The molecule has 0 fully saturated rings. The molecule has 0 aliphatic carbocycles. The summed E-state index contributed by atoms with van der Waals surface area (Å²) in [5, 5.41) is 9.58. The molecule has 0 aromatic heterocycles. The normalized spacial score (nSPS) is 15.7. The number of hydrogen-bond acceptors (Lipinski definition) is 2. The zero-order valence-electron chi connectivity index (χ0n) is 7.54. The van der Waals surface area contributed by atoms with Crippen molar-refractivity contribution in [1.29, 1.82) is 0 Å². The lowest BCUT2D eigenvalue weighted by Gasteiger charge is -2.20. The van der Waals surface area contributed by atoms with Gasteiger partial charge in [-0.3, -0.25) is 0 Å². The number of benzene rings is 1. The van der Waals surface area contributed by atoms with Gasteiger partial charge in [0.1, 0.15) is 5.72 Å². The molecule has 0 unspecified atom stereocenters. The maximum atomic E-state index is 9.58. The van der Waals surface area contributed by atoms with Crippen LogP contribution in [-0.4, -0.2) is 5.11 Å². The molecule has 0 radical (unpaired) electrons. The van der Waals surface area contributed by atoms with Gasteiger partial charge in [0.2, 0.25) is 0 Å². The third-order valence-corrected chi connectivity index (χ3v) is 1.94. The zero-order chi connectivity index (χ0) is 9.19. The molecule has 0 heterocycles. The zero-order valence-corrected chi connectivity index (χ0v) is 7.54. The first-order valence-corrected chi connectivity index (χ1v) is 4.15. The molecule has 1 aromatic rings. The van der Waals surface area contributed by atoms with Gasteiger partial charge < -0.3 is 10.8 Å². The van der Waals surface area contributed by atoms with Gasteiger partial charge in [0, 0.05) is 5.56 Å². The Morgan fingerprint density at radius 2 is 2.00 bits per heavy atom. The van der Waals surface area contributed by atoms with Crippen molar-refractivity contribution >= 4 is 0 Å². The van der Waals surface area contributed by atoms with Crippen LogP contribution in [0.2, 0.25) is 0 Å². The average molecular weight is 165 g/mol. The first-order valence-electron chi connectivity index (χ1n) is 4.15. The maximum absolute atomic E-state index is 9.58. The first kappa shape index (κ1) is 9.23. The van der Waals surface area contributed by atoms with E-state index in [1.54, 1.807) is 6.92 Å². The number of hydrogen-bond donors (Lipinski definition) is 2. The van der Waals surface area contributed by atoms with E-state index in [0.29, 0.717) is 0 Å². The van der Waals surface area contributed by atoms with Crippen LogP contribution in [0.5, 0.6) is 0 Å². The summed E-state index contributed by atoms with van der Waals surface area (Å²) in [5.41, 5.74) is 6.29. The number of nitrogens with two attached hydrogens (primary N) is 1. The van der Waals surface area contributed by atoms with Crippen molar-refractivity contribution < 1.29 is 5.11 Å². The van der Waals surface area contributed by atoms with E-state index in [1.807, 2.05) is 31.2 Å². The fourth-order valence-electron chi connectivity index (χ4n) is 1.32. The predicted octanol–water partition coefficient (Wildman–Crippen LogP) is 1.37. The van der Waals surface area contributed by atoms with Crippen LogP contribution in [-0.2, 0) is 12.1 Å². The van der Waals surface area contributed by atoms with Gasteiger partial charge in [-0.1, -0.05) is 31.2 Å². The molecule has 0 saturated heterocycles. The third-order valence-electron chi connectivity index (χ3n) is 1.94. The number of rotatable bonds is 2. The van der Waals surface area contributed by atoms with Crippen LogP contribution in [0, 0.1) is 0 Å². The fraction of sp³-hybridized carbons (Fsp3) is 0.400. The summed E-state index contributed by atoms with van der Waals surface area (Å²) in [6, 6.07) is 7.68. The molecule has 1 aromatic carbocycles. The molecule has 0 aliphatic rings. The highest BCUT2D eigenvalue weighted by Crippen LogP contribution is 2.19. The van der Waals surface area contributed by atoms with Crippen LogP contribution >= 0.6 is 0 Å². The van der Waals surface area contributed by atoms with Crippen molar-refractivity contribution in [1.82, 2.24) is 0 Å². The third kappa shape index (κ3) is 1.84. The van der Waals surface area contributed by atoms with Crippen molar-refractivity contribution in [3.8, 4) is 0 Å². The van der Waals surface area contributed by atoms with Crippen LogP contribution in [0.3, 0.4) is 0 Å². The minimum absolute atomic E-state index is 0.813. The van der Waals surface area contributed by atoms with E-state index < -0.39 is 5.72 Å². The molecule has 1 rings (SSSR count). The summed E-state index contributed by atoms with van der Waals surface area (Å²) in [6.07, 6.45) is 0.892. The summed E-state index contributed by atoms with van der Waals surface area (Å²) < 4.78 is 0. The Labute approximate surface area is 73.0 Å². The SMILES string of the molecule is CCc1ccccc1[C@](C)(N)O. The van der Waals surface area contributed by atoms with E-state index in [-0.39, 0.29) is 0 Å². The minimum atomic E-state index is -1.22. The highest BCUT2D eigenvalue weighted by atomic mass is 16.3. The molecule has 2 heteroatoms. The number of aliphatic hydroxyl groups is 1. The second kappa shape index (κ2) is 3.25. The van der Waals surface area contributed by atoms with Crippen LogP contribution in [0.4, 0.5) is 0 Å². The lowest BCUT2D eigenvalue weighted by atomic mass is 9.98.